The number of nitrogens with two attached hydrogens (primary N) is 1. The first-order valence-electron chi connectivity index (χ1n) is 5.71. The third-order valence-corrected chi connectivity index (χ3v) is 2.66. The Morgan fingerprint density at radius 3 is 2.25 bits per heavy atom. The Labute approximate surface area is 113 Å². The smallest absolute Gasteiger partial charge is 0.398 e. The summed E-state index contributed by atoms with van der Waals surface area (Å²) in [6, 6.07) is 11.7. The number of anilines is 2. The molecule has 2 aromatic rings. The summed E-state index contributed by atoms with van der Waals surface area (Å²) in [6.45, 7) is 0. The molecule has 0 heterocycles. The van der Waals surface area contributed by atoms with Crippen LogP contribution in [0.25, 0.3) is 0 Å². The van der Waals surface area contributed by atoms with Gasteiger partial charge in [0.1, 0.15) is 0 Å². The summed E-state index contributed by atoms with van der Waals surface area (Å²) in [5, 5.41) is 2.40. The Balaban J connectivity index is 2.38. The molecule has 6 heteroatoms. The lowest BCUT2D eigenvalue weighted by molar-refractivity contribution is -0.137. The number of benzene rings is 2. The van der Waals surface area contributed by atoms with E-state index in [1.165, 1.54) is 6.07 Å². The van der Waals surface area contributed by atoms with Gasteiger partial charge in [0.2, 0.25) is 0 Å². The number of nitrogen functional groups attached to an aromatic ring is 1. The van der Waals surface area contributed by atoms with Crippen LogP contribution in [0.3, 0.4) is 0 Å². The van der Waals surface area contributed by atoms with Crippen molar-refractivity contribution in [3.05, 3.63) is 59.7 Å². The van der Waals surface area contributed by atoms with Crippen LogP contribution in [-0.2, 0) is 6.18 Å². The minimum atomic E-state index is -4.69. The number of hydrogen-bond donors (Lipinski definition) is 2. The Hall–Kier alpha value is -2.50. The van der Waals surface area contributed by atoms with Gasteiger partial charge in [0.25, 0.3) is 5.91 Å². The Morgan fingerprint density at radius 2 is 1.65 bits per heavy atom. The van der Waals surface area contributed by atoms with Gasteiger partial charge in [0.15, 0.2) is 0 Å². The summed E-state index contributed by atoms with van der Waals surface area (Å²) < 4.78 is 38.8. The van der Waals surface area contributed by atoms with Crippen LogP contribution in [0.2, 0.25) is 0 Å². The second-order valence-electron chi connectivity index (χ2n) is 4.09. The van der Waals surface area contributed by atoms with E-state index in [-0.39, 0.29) is 0 Å². The highest BCUT2D eigenvalue weighted by Gasteiger charge is 2.37. The fourth-order valence-electron chi connectivity index (χ4n) is 1.80. The maximum Gasteiger partial charge on any atom is 0.419 e. The minimum absolute atomic E-state index is 0.410. The van der Waals surface area contributed by atoms with Crippen molar-refractivity contribution in [3.8, 4) is 0 Å². The van der Waals surface area contributed by atoms with Crippen LogP contribution in [0.15, 0.2) is 48.5 Å². The Morgan fingerprint density at radius 1 is 1.00 bits per heavy atom. The van der Waals surface area contributed by atoms with Crippen molar-refractivity contribution < 1.29 is 18.0 Å². The van der Waals surface area contributed by atoms with Crippen LogP contribution in [0, 0.1) is 0 Å². The average molecular weight is 280 g/mol. The molecule has 0 bridgehead atoms. The molecule has 0 radical (unpaired) electrons. The Kier molecular flexibility index (Phi) is 3.65. The van der Waals surface area contributed by atoms with E-state index in [2.05, 4.69) is 5.32 Å². The van der Waals surface area contributed by atoms with E-state index in [1.807, 2.05) is 0 Å². The van der Waals surface area contributed by atoms with Gasteiger partial charge in [-0.3, -0.25) is 4.79 Å². The zero-order valence-electron chi connectivity index (χ0n) is 10.2. The standard InChI is InChI=1S/C14H11F3N2O/c15-14(16,17)12-10(7-4-8-11(12)18)13(20)19-9-5-2-1-3-6-9/h1-8H,18H2,(H,19,20). The third kappa shape index (κ3) is 2.90. The van der Waals surface area contributed by atoms with Crippen LogP contribution in [0.5, 0.6) is 0 Å². The molecule has 0 saturated carbocycles. The quantitative estimate of drug-likeness (QED) is 0.827. The van der Waals surface area contributed by atoms with Gasteiger partial charge in [0, 0.05) is 11.4 Å². The number of amides is 1. The molecule has 0 saturated heterocycles. The van der Waals surface area contributed by atoms with Crippen LogP contribution < -0.4 is 11.1 Å². The van der Waals surface area contributed by atoms with Crippen molar-refractivity contribution in [1.29, 1.82) is 0 Å². The fourth-order valence-corrected chi connectivity index (χ4v) is 1.80. The van der Waals surface area contributed by atoms with Crippen molar-refractivity contribution >= 4 is 17.3 Å². The topological polar surface area (TPSA) is 55.1 Å². The van der Waals surface area contributed by atoms with Crippen molar-refractivity contribution in [2.45, 2.75) is 6.18 Å². The second kappa shape index (κ2) is 5.24. The van der Waals surface area contributed by atoms with Crippen molar-refractivity contribution in [2.24, 2.45) is 0 Å². The largest absolute Gasteiger partial charge is 0.419 e. The second-order valence-corrected chi connectivity index (χ2v) is 4.09. The van der Waals surface area contributed by atoms with Crippen LogP contribution >= 0.6 is 0 Å². The van der Waals surface area contributed by atoms with E-state index in [0.717, 1.165) is 12.1 Å². The Bertz CT molecular complexity index is 624. The number of rotatable bonds is 2. The van der Waals surface area contributed by atoms with Gasteiger partial charge in [-0.25, -0.2) is 0 Å². The molecule has 0 fully saturated rings. The van der Waals surface area contributed by atoms with E-state index in [4.69, 9.17) is 5.73 Å². The normalized spacial score (nSPS) is 11.2. The lowest BCUT2D eigenvalue weighted by atomic mass is 10.0. The van der Waals surface area contributed by atoms with Gasteiger partial charge >= 0.3 is 6.18 Å². The summed E-state index contributed by atoms with van der Waals surface area (Å²) >= 11 is 0. The summed E-state index contributed by atoms with van der Waals surface area (Å²) in [5.74, 6) is -0.851. The van der Waals surface area contributed by atoms with Gasteiger partial charge in [0.05, 0.1) is 11.1 Å². The van der Waals surface area contributed by atoms with Gasteiger partial charge in [-0.15, -0.1) is 0 Å². The van der Waals surface area contributed by atoms with Gasteiger partial charge in [-0.2, -0.15) is 13.2 Å². The predicted octanol–water partition coefficient (Wildman–Crippen LogP) is 3.54. The maximum absolute atomic E-state index is 12.9. The predicted molar refractivity (Wildman–Crippen MR) is 70.3 cm³/mol. The lowest BCUT2D eigenvalue weighted by Gasteiger charge is -2.15. The van der Waals surface area contributed by atoms with Crippen molar-refractivity contribution in [3.63, 3.8) is 0 Å². The molecule has 0 aromatic heterocycles. The van der Waals surface area contributed by atoms with Gasteiger partial charge in [-0.1, -0.05) is 24.3 Å². The fraction of sp³-hybridized carbons (Fsp3) is 0.0714. The molecule has 0 spiro atoms. The first-order chi connectivity index (χ1) is 9.39. The van der Waals surface area contributed by atoms with E-state index >= 15 is 0 Å². The molecule has 0 unspecified atom stereocenters. The summed E-state index contributed by atoms with van der Waals surface area (Å²) in [5.41, 5.74) is 3.66. The molecule has 0 aliphatic rings. The molecule has 1 amide bonds. The zero-order chi connectivity index (χ0) is 14.8. The van der Waals surface area contributed by atoms with Crippen LogP contribution in [0.1, 0.15) is 15.9 Å². The first kappa shape index (κ1) is 13.9. The summed E-state index contributed by atoms with van der Waals surface area (Å²) in [4.78, 5) is 12.0. The molecule has 2 aromatic carbocycles. The zero-order valence-corrected chi connectivity index (χ0v) is 10.2. The molecule has 104 valence electrons. The van der Waals surface area contributed by atoms with E-state index < -0.39 is 28.9 Å². The molecular weight excluding hydrogens is 269 g/mol. The molecular formula is C14H11F3N2O. The summed E-state index contributed by atoms with van der Waals surface area (Å²) in [7, 11) is 0. The monoisotopic (exact) mass is 280 g/mol. The molecule has 20 heavy (non-hydrogen) atoms. The highest BCUT2D eigenvalue weighted by Crippen LogP contribution is 2.36. The van der Waals surface area contributed by atoms with Crippen molar-refractivity contribution in [1.82, 2.24) is 0 Å². The highest BCUT2D eigenvalue weighted by atomic mass is 19.4. The minimum Gasteiger partial charge on any atom is -0.398 e. The number of nitrogens with one attached hydrogen (secondary N) is 1. The number of halogens is 3. The first-order valence-corrected chi connectivity index (χ1v) is 5.71. The van der Waals surface area contributed by atoms with E-state index in [9.17, 15) is 18.0 Å². The number of carbonyl (C=O) groups is 1. The van der Waals surface area contributed by atoms with Crippen LogP contribution in [-0.4, -0.2) is 5.91 Å². The molecule has 3 nitrogen and oxygen atoms in total. The summed E-state index contributed by atoms with van der Waals surface area (Å²) in [6.07, 6.45) is -4.69. The van der Waals surface area contributed by atoms with Crippen molar-refractivity contribution in [2.75, 3.05) is 11.1 Å². The SMILES string of the molecule is Nc1cccc(C(=O)Nc2ccccc2)c1C(F)(F)F. The maximum atomic E-state index is 12.9. The number of alkyl halides is 3. The molecule has 3 N–H and O–H groups in total. The highest BCUT2D eigenvalue weighted by molar-refractivity contribution is 6.06. The van der Waals surface area contributed by atoms with Gasteiger partial charge < -0.3 is 11.1 Å². The molecule has 0 aliphatic carbocycles. The molecule has 0 atom stereocenters. The van der Waals surface area contributed by atoms with E-state index in [1.54, 1.807) is 30.3 Å². The number of hydrogen-bond acceptors (Lipinski definition) is 2. The number of carbonyl (C=O) groups excluding carboxylic acids is 1. The van der Waals surface area contributed by atoms with Gasteiger partial charge in [-0.05, 0) is 24.3 Å². The molecule has 2 rings (SSSR count). The van der Waals surface area contributed by atoms with E-state index in [0.29, 0.717) is 5.69 Å². The number of para-hydroxylation sites is 1. The van der Waals surface area contributed by atoms with Crippen LogP contribution in [0.4, 0.5) is 24.5 Å². The third-order valence-electron chi connectivity index (χ3n) is 2.66. The molecule has 0 aliphatic heterocycles. The average Bonchev–Trinajstić information content (AvgIpc) is 2.38. The lowest BCUT2D eigenvalue weighted by Crippen LogP contribution is -2.20.